The van der Waals surface area contributed by atoms with E-state index in [2.05, 4.69) is 16.7 Å². The molecule has 0 bridgehead atoms. The third-order valence-corrected chi connectivity index (χ3v) is 4.94. The number of hydrogen-bond acceptors (Lipinski definition) is 2. The molecule has 0 radical (unpaired) electrons. The molecule has 5 nitrogen and oxygen atoms in total. The second-order valence-electron chi connectivity index (χ2n) is 6.56. The molecule has 5 heteroatoms. The van der Waals surface area contributed by atoms with Gasteiger partial charge in [0, 0.05) is 19.7 Å². The van der Waals surface area contributed by atoms with Crippen molar-refractivity contribution in [3.63, 3.8) is 0 Å². The molecule has 1 heterocycles. The Morgan fingerprint density at radius 3 is 2.64 bits per heavy atom. The summed E-state index contributed by atoms with van der Waals surface area (Å²) in [6.07, 6.45) is 2.97. The van der Waals surface area contributed by atoms with Crippen LogP contribution >= 0.6 is 0 Å². The summed E-state index contributed by atoms with van der Waals surface area (Å²) in [6.45, 7) is 2.03. The van der Waals surface area contributed by atoms with Gasteiger partial charge in [0.25, 0.3) is 5.91 Å². The van der Waals surface area contributed by atoms with Gasteiger partial charge in [0.1, 0.15) is 0 Å². The van der Waals surface area contributed by atoms with Gasteiger partial charge in [0.15, 0.2) is 0 Å². The van der Waals surface area contributed by atoms with E-state index >= 15 is 0 Å². The average molecular weight is 301 g/mol. The van der Waals surface area contributed by atoms with Crippen LogP contribution in [0.15, 0.2) is 18.2 Å². The molecule has 2 aliphatic rings. The molecule has 0 spiro atoms. The molecule has 0 aromatic heterocycles. The van der Waals surface area contributed by atoms with Gasteiger partial charge in [-0.1, -0.05) is 12.1 Å². The summed E-state index contributed by atoms with van der Waals surface area (Å²) in [7, 11) is 3.55. The Morgan fingerprint density at radius 2 is 1.91 bits per heavy atom. The Balaban J connectivity index is 1.85. The molecule has 118 valence electrons. The zero-order valence-electron chi connectivity index (χ0n) is 13.3. The number of fused-ring (bicyclic) bond motifs is 1. The lowest BCUT2D eigenvalue weighted by Gasteiger charge is -2.32. The first-order valence-corrected chi connectivity index (χ1v) is 7.85. The van der Waals surface area contributed by atoms with E-state index in [1.54, 1.807) is 19.0 Å². The van der Waals surface area contributed by atoms with Gasteiger partial charge in [0.2, 0.25) is 0 Å². The standard InChI is InChI=1S/C17H23N3O2/c1-10-12(5-4-6-13(10)16(21)20(2)3)11-7-8-14-15(9-11)19-17(22)18-14/h4-6,11,14-15H,7-9H2,1-3H3,(H2,18,19,22). The maximum atomic E-state index is 12.3. The number of benzene rings is 1. The largest absolute Gasteiger partial charge is 0.345 e. The molecule has 2 fully saturated rings. The molecule has 3 unspecified atom stereocenters. The predicted molar refractivity (Wildman–Crippen MR) is 85.0 cm³/mol. The lowest BCUT2D eigenvalue weighted by atomic mass is 9.77. The van der Waals surface area contributed by atoms with Crippen LogP contribution in [-0.4, -0.2) is 43.0 Å². The van der Waals surface area contributed by atoms with Crippen LogP contribution in [-0.2, 0) is 0 Å². The highest BCUT2D eigenvalue weighted by atomic mass is 16.2. The average Bonchev–Trinajstić information content (AvgIpc) is 2.85. The first kappa shape index (κ1) is 14.9. The van der Waals surface area contributed by atoms with Crippen molar-refractivity contribution >= 4 is 11.9 Å². The Kier molecular flexibility index (Phi) is 3.81. The summed E-state index contributed by atoms with van der Waals surface area (Å²) in [5.74, 6) is 0.445. The van der Waals surface area contributed by atoms with Crippen LogP contribution in [0.5, 0.6) is 0 Å². The van der Waals surface area contributed by atoms with Crippen molar-refractivity contribution in [1.29, 1.82) is 0 Å². The quantitative estimate of drug-likeness (QED) is 0.878. The topological polar surface area (TPSA) is 61.4 Å². The van der Waals surface area contributed by atoms with Crippen LogP contribution < -0.4 is 10.6 Å². The highest BCUT2D eigenvalue weighted by Crippen LogP contribution is 2.36. The van der Waals surface area contributed by atoms with Crippen LogP contribution in [0.4, 0.5) is 4.79 Å². The third-order valence-electron chi connectivity index (χ3n) is 4.94. The Labute approximate surface area is 131 Å². The smallest absolute Gasteiger partial charge is 0.315 e. The second kappa shape index (κ2) is 5.63. The van der Waals surface area contributed by atoms with E-state index in [1.807, 2.05) is 19.1 Å². The molecule has 3 rings (SSSR count). The van der Waals surface area contributed by atoms with Crippen LogP contribution in [0.25, 0.3) is 0 Å². The molecule has 3 atom stereocenters. The summed E-state index contributed by atoms with van der Waals surface area (Å²) in [4.78, 5) is 25.4. The third kappa shape index (κ3) is 2.56. The number of rotatable bonds is 2. The first-order valence-electron chi connectivity index (χ1n) is 7.85. The van der Waals surface area contributed by atoms with E-state index in [0.29, 0.717) is 5.92 Å². The molecule has 3 amide bonds. The van der Waals surface area contributed by atoms with Gasteiger partial charge in [-0.15, -0.1) is 0 Å². The van der Waals surface area contributed by atoms with Crippen molar-refractivity contribution in [2.45, 2.75) is 44.2 Å². The molecule has 1 aromatic rings. The van der Waals surface area contributed by atoms with E-state index in [0.717, 1.165) is 30.4 Å². The Hall–Kier alpha value is -2.04. The van der Waals surface area contributed by atoms with E-state index in [9.17, 15) is 9.59 Å². The number of carbonyl (C=O) groups is 2. The number of nitrogens with one attached hydrogen (secondary N) is 2. The zero-order valence-corrected chi connectivity index (χ0v) is 13.3. The first-order chi connectivity index (χ1) is 10.5. The van der Waals surface area contributed by atoms with Gasteiger partial charge in [0.05, 0.1) is 12.1 Å². The Bertz CT molecular complexity index is 612. The van der Waals surface area contributed by atoms with Gasteiger partial charge in [-0.25, -0.2) is 4.79 Å². The van der Waals surface area contributed by atoms with Crippen molar-refractivity contribution in [2.75, 3.05) is 14.1 Å². The maximum absolute atomic E-state index is 12.3. The normalized spacial score (nSPS) is 26.9. The minimum absolute atomic E-state index is 0.0453. The highest BCUT2D eigenvalue weighted by Gasteiger charge is 2.38. The fourth-order valence-electron chi connectivity index (χ4n) is 3.73. The minimum Gasteiger partial charge on any atom is -0.345 e. The summed E-state index contributed by atoms with van der Waals surface area (Å²) >= 11 is 0. The summed E-state index contributed by atoms with van der Waals surface area (Å²) < 4.78 is 0. The van der Waals surface area contributed by atoms with Gasteiger partial charge in [-0.05, 0) is 49.3 Å². The van der Waals surface area contributed by atoms with Crippen molar-refractivity contribution in [3.05, 3.63) is 34.9 Å². The molecule has 1 saturated heterocycles. The fraction of sp³-hybridized carbons (Fsp3) is 0.529. The highest BCUT2D eigenvalue weighted by molar-refractivity contribution is 5.95. The van der Waals surface area contributed by atoms with Crippen molar-refractivity contribution in [1.82, 2.24) is 15.5 Å². The molecule has 1 saturated carbocycles. The zero-order chi connectivity index (χ0) is 15.9. The van der Waals surface area contributed by atoms with Gasteiger partial charge in [-0.2, -0.15) is 0 Å². The van der Waals surface area contributed by atoms with E-state index in [1.165, 1.54) is 5.56 Å². The van der Waals surface area contributed by atoms with Crippen LogP contribution in [0, 0.1) is 6.92 Å². The van der Waals surface area contributed by atoms with Crippen LogP contribution in [0.3, 0.4) is 0 Å². The molecule has 1 aliphatic carbocycles. The molecule has 1 aromatic carbocycles. The lowest BCUT2D eigenvalue weighted by molar-refractivity contribution is 0.0826. The maximum Gasteiger partial charge on any atom is 0.315 e. The monoisotopic (exact) mass is 301 g/mol. The number of urea groups is 1. The van der Waals surface area contributed by atoms with E-state index in [-0.39, 0.29) is 24.0 Å². The number of amides is 3. The molecule has 1 aliphatic heterocycles. The van der Waals surface area contributed by atoms with Gasteiger partial charge < -0.3 is 15.5 Å². The van der Waals surface area contributed by atoms with Gasteiger partial charge in [-0.3, -0.25) is 4.79 Å². The lowest BCUT2D eigenvalue weighted by Crippen LogP contribution is -2.39. The minimum atomic E-state index is -0.0519. The summed E-state index contributed by atoms with van der Waals surface area (Å²) in [5, 5.41) is 5.98. The SMILES string of the molecule is Cc1c(C(=O)N(C)C)cccc1C1CCC2NC(=O)NC2C1. The van der Waals surface area contributed by atoms with Crippen molar-refractivity contribution in [2.24, 2.45) is 0 Å². The van der Waals surface area contributed by atoms with E-state index in [4.69, 9.17) is 0 Å². The predicted octanol–water partition coefficient (Wildman–Crippen LogP) is 2.01. The van der Waals surface area contributed by atoms with Crippen LogP contribution in [0.2, 0.25) is 0 Å². The molecule has 22 heavy (non-hydrogen) atoms. The second-order valence-corrected chi connectivity index (χ2v) is 6.56. The van der Waals surface area contributed by atoms with Crippen molar-refractivity contribution in [3.8, 4) is 0 Å². The summed E-state index contributed by atoms with van der Waals surface area (Å²) in [6, 6.07) is 6.40. The molecule has 2 N–H and O–H groups in total. The fourth-order valence-corrected chi connectivity index (χ4v) is 3.73. The van der Waals surface area contributed by atoms with Crippen LogP contribution in [0.1, 0.15) is 46.7 Å². The number of hydrogen-bond donors (Lipinski definition) is 2. The number of carbonyl (C=O) groups excluding carboxylic acids is 2. The van der Waals surface area contributed by atoms with E-state index < -0.39 is 0 Å². The molecular formula is C17H23N3O2. The summed E-state index contributed by atoms with van der Waals surface area (Å²) in [5.41, 5.74) is 3.09. The number of nitrogens with zero attached hydrogens (tertiary/aromatic N) is 1. The molecular weight excluding hydrogens is 278 g/mol. The van der Waals surface area contributed by atoms with Gasteiger partial charge >= 0.3 is 6.03 Å². The van der Waals surface area contributed by atoms with Crippen molar-refractivity contribution < 1.29 is 9.59 Å². The Morgan fingerprint density at radius 1 is 1.18 bits per heavy atom.